The third kappa shape index (κ3) is 4.84. The summed E-state index contributed by atoms with van der Waals surface area (Å²) >= 11 is 5.87. The third-order valence-corrected chi connectivity index (χ3v) is 4.74. The van der Waals surface area contributed by atoms with Gasteiger partial charge in [0.2, 0.25) is 5.91 Å². The van der Waals surface area contributed by atoms with Crippen LogP contribution in [0.15, 0.2) is 30.5 Å². The van der Waals surface area contributed by atoms with Gasteiger partial charge in [0.15, 0.2) is 0 Å². The van der Waals surface area contributed by atoms with Gasteiger partial charge in [0, 0.05) is 17.8 Å². The molecule has 4 nitrogen and oxygen atoms in total. The molecular formula is C19H24ClN3O. The minimum Gasteiger partial charge on any atom is -0.354 e. The van der Waals surface area contributed by atoms with Gasteiger partial charge in [-0.15, -0.1) is 0 Å². The van der Waals surface area contributed by atoms with E-state index in [1.54, 1.807) is 4.68 Å². The lowest BCUT2D eigenvalue weighted by Crippen LogP contribution is -2.29. The molecule has 1 aliphatic rings. The smallest absolute Gasteiger partial charge is 0.241 e. The molecule has 1 amide bonds. The molecule has 0 spiro atoms. The first-order valence-electron chi connectivity index (χ1n) is 8.77. The molecule has 128 valence electrons. The van der Waals surface area contributed by atoms with Gasteiger partial charge in [-0.05, 0) is 55.4 Å². The monoisotopic (exact) mass is 345 g/mol. The molecule has 1 aromatic heterocycles. The number of rotatable bonds is 5. The Kier molecular flexibility index (Phi) is 5.91. The van der Waals surface area contributed by atoms with Crippen LogP contribution in [0.3, 0.4) is 0 Å². The van der Waals surface area contributed by atoms with Crippen LogP contribution < -0.4 is 5.32 Å². The van der Waals surface area contributed by atoms with Crippen molar-refractivity contribution in [1.29, 1.82) is 0 Å². The Hall–Kier alpha value is -1.81. The van der Waals surface area contributed by atoms with Gasteiger partial charge in [-0.3, -0.25) is 9.48 Å². The molecule has 0 radical (unpaired) electrons. The van der Waals surface area contributed by atoms with Gasteiger partial charge in [0.05, 0.1) is 5.69 Å². The third-order valence-electron chi connectivity index (χ3n) is 4.49. The molecule has 0 atom stereocenters. The molecule has 0 saturated carbocycles. The van der Waals surface area contributed by atoms with E-state index >= 15 is 0 Å². The highest BCUT2D eigenvalue weighted by atomic mass is 35.5. The molecule has 1 heterocycles. The average Bonchev–Trinajstić information content (AvgIpc) is 2.90. The van der Waals surface area contributed by atoms with Crippen LogP contribution in [-0.4, -0.2) is 22.2 Å². The number of nitrogens with one attached hydrogen (secondary N) is 1. The minimum absolute atomic E-state index is 0.0134. The number of carbonyl (C=O) groups excluding carboxylic acids is 1. The Morgan fingerprint density at radius 1 is 1.12 bits per heavy atom. The number of carbonyl (C=O) groups is 1. The average molecular weight is 346 g/mol. The maximum Gasteiger partial charge on any atom is 0.241 e. The number of hydrogen-bond donors (Lipinski definition) is 1. The lowest BCUT2D eigenvalue weighted by molar-refractivity contribution is -0.121. The summed E-state index contributed by atoms with van der Waals surface area (Å²) in [6, 6.07) is 7.72. The van der Waals surface area contributed by atoms with E-state index in [0.29, 0.717) is 13.1 Å². The van der Waals surface area contributed by atoms with Crippen molar-refractivity contribution in [2.24, 2.45) is 0 Å². The maximum atomic E-state index is 12.1. The summed E-state index contributed by atoms with van der Waals surface area (Å²) in [5.74, 6) is 0.0134. The summed E-state index contributed by atoms with van der Waals surface area (Å²) in [5.41, 5.74) is 3.68. The van der Waals surface area contributed by atoms with Crippen molar-refractivity contribution >= 4 is 17.5 Å². The van der Waals surface area contributed by atoms with Crippen LogP contribution in [0, 0.1) is 0 Å². The summed E-state index contributed by atoms with van der Waals surface area (Å²) < 4.78 is 1.80. The van der Waals surface area contributed by atoms with E-state index in [9.17, 15) is 4.79 Å². The van der Waals surface area contributed by atoms with Crippen LogP contribution in [0.5, 0.6) is 0 Å². The number of fused-ring (bicyclic) bond motifs is 1. The number of nitrogens with zero attached hydrogens (tertiary/aromatic N) is 2. The topological polar surface area (TPSA) is 46.9 Å². The highest BCUT2D eigenvalue weighted by Gasteiger charge is 2.13. The van der Waals surface area contributed by atoms with Crippen molar-refractivity contribution < 1.29 is 4.79 Å². The zero-order chi connectivity index (χ0) is 16.8. The number of hydrogen-bond acceptors (Lipinski definition) is 2. The highest BCUT2D eigenvalue weighted by molar-refractivity contribution is 6.30. The van der Waals surface area contributed by atoms with E-state index in [4.69, 9.17) is 11.6 Å². The fourth-order valence-electron chi connectivity index (χ4n) is 3.16. The van der Waals surface area contributed by atoms with E-state index in [2.05, 4.69) is 16.6 Å². The fraction of sp³-hybridized carbons (Fsp3) is 0.474. The van der Waals surface area contributed by atoms with E-state index in [-0.39, 0.29) is 5.91 Å². The SMILES string of the molecule is O=C(Cn1cc2c(n1)CCCCCC2)NCCc1ccc(Cl)cc1. The largest absolute Gasteiger partial charge is 0.354 e. The molecule has 3 rings (SSSR count). The quantitative estimate of drug-likeness (QED) is 0.900. The summed E-state index contributed by atoms with van der Waals surface area (Å²) in [7, 11) is 0. The van der Waals surface area contributed by atoms with Crippen molar-refractivity contribution in [3.63, 3.8) is 0 Å². The molecular weight excluding hydrogens is 322 g/mol. The number of aromatic nitrogens is 2. The second-order valence-electron chi connectivity index (χ2n) is 6.44. The van der Waals surface area contributed by atoms with Gasteiger partial charge in [0.1, 0.15) is 6.54 Å². The molecule has 0 aliphatic heterocycles. The molecule has 0 bridgehead atoms. The molecule has 24 heavy (non-hydrogen) atoms. The van der Waals surface area contributed by atoms with E-state index in [1.165, 1.54) is 42.5 Å². The van der Waals surface area contributed by atoms with Crippen molar-refractivity contribution in [2.45, 2.75) is 51.5 Å². The van der Waals surface area contributed by atoms with Crippen molar-refractivity contribution in [3.05, 3.63) is 52.3 Å². The Morgan fingerprint density at radius 2 is 1.88 bits per heavy atom. The van der Waals surface area contributed by atoms with Gasteiger partial charge in [-0.2, -0.15) is 5.10 Å². The summed E-state index contributed by atoms with van der Waals surface area (Å²) in [6.07, 6.45) is 10.0. The molecule has 0 fully saturated rings. The maximum absolute atomic E-state index is 12.1. The molecule has 1 aromatic carbocycles. The van der Waals surface area contributed by atoms with Gasteiger partial charge < -0.3 is 5.32 Å². The number of aryl methyl sites for hydroxylation is 2. The second-order valence-corrected chi connectivity index (χ2v) is 6.88. The lowest BCUT2D eigenvalue weighted by atomic mass is 9.99. The number of halogens is 1. The van der Waals surface area contributed by atoms with Crippen LogP contribution in [-0.2, 0) is 30.6 Å². The van der Waals surface area contributed by atoms with E-state index in [1.807, 2.05) is 24.3 Å². The molecule has 0 unspecified atom stereocenters. The number of benzene rings is 1. The molecule has 1 aliphatic carbocycles. The van der Waals surface area contributed by atoms with Crippen molar-refractivity contribution in [3.8, 4) is 0 Å². The van der Waals surface area contributed by atoms with Crippen LogP contribution in [0.4, 0.5) is 0 Å². The van der Waals surface area contributed by atoms with Crippen molar-refractivity contribution in [1.82, 2.24) is 15.1 Å². The summed E-state index contributed by atoms with van der Waals surface area (Å²) in [4.78, 5) is 12.1. The highest BCUT2D eigenvalue weighted by Crippen LogP contribution is 2.18. The zero-order valence-electron chi connectivity index (χ0n) is 13.9. The Bertz CT molecular complexity index is 653. The zero-order valence-corrected chi connectivity index (χ0v) is 14.7. The molecule has 1 N–H and O–H groups in total. The Morgan fingerprint density at radius 3 is 2.67 bits per heavy atom. The van der Waals surface area contributed by atoms with Crippen LogP contribution >= 0.6 is 11.6 Å². The second kappa shape index (κ2) is 8.34. The summed E-state index contributed by atoms with van der Waals surface area (Å²) in [6.45, 7) is 0.926. The summed E-state index contributed by atoms with van der Waals surface area (Å²) in [5, 5.41) is 8.31. The van der Waals surface area contributed by atoms with Gasteiger partial charge in [0.25, 0.3) is 0 Å². The number of amides is 1. The van der Waals surface area contributed by atoms with Gasteiger partial charge in [-0.1, -0.05) is 36.6 Å². The van der Waals surface area contributed by atoms with E-state index < -0.39 is 0 Å². The lowest BCUT2D eigenvalue weighted by Gasteiger charge is -2.06. The predicted octanol–water partition coefficient (Wildman–Crippen LogP) is 3.55. The van der Waals surface area contributed by atoms with Gasteiger partial charge >= 0.3 is 0 Å². The predicted molar refractivity (Wildman–Crippen MR) is 96.3 cm³/mol. The first-order valence-corrected chi connectivity index (χ1v) is 9.15. The Labute approximate surface area is 148 Å². The molecule has 0 saturated heterocycles. The Balaban J connectivity index is 1.48. The minimum atomic E-state index is 0.0134. The molecule has 5 heteroatoms. The molecule has 2 aromatic rings. The normalized spacial score (nSPS) is 14.5. The van der Waals surface area contributed by atoms with Gasteiger partial charge in [-0.25, -0.2) is 0 Å². The first kappa shape index (κ1) is 17.0. The first-order chi connectivity index (χ1) is 11.7. The van der Waals surface area contributed by atoms with Crippen LogP contribution in [0.25, 0.3) is 0 Å². The van der Waals surface area contributed by atoms with Crippen LogP contribution in [0.1, 0.15) is 42.5 Å². The van der Waals surface area contributed by atoms with Crippen LogP contribution in [0.2, 0.25) is 5.02 Å². The van der Waals surface area contributed by atoms with E-state index in [0.717, 1.165) is 24.3 Å². The van der Waals surface area contributed by atoms with Crippen molar-refractivity contribution in [2.75, 3.05) is 6.54 Å². The fourth-order valence-corrected chi connectivity index (χ4v) is 3.29. The standard InChI is InChI=1S/C19H24ClN3O/c20-17-9-7-15(8-10-17)11-12-21-19(24)14-23-13-16-5-3-1-2-4-6-18(16)22-23/h7-10,13H,1-6,11-12,14H2,(H,21,24).